The number of aryl methyl sites for hydroxylation is 1. The van der Waals surface area contributed by atoms with E-state index >= 15 is 0 Å². The van der Waals surface area contributed by atoms with Crippen LogP contribution in [0.5, 0.6) is 0 Å². The minimum Gasteiger partial charge on any atom is -0.293 e. The predicted molar refractivity (Wildman–Crippen MR) is 71.5 cm³/mol. The molecule has 0 atom stereocenters. The van der Waals surface area contributed by atoms with E-state index in [1.165, 1.54) is 17.4 Å². The lowest BCUT2D eigenvalue weighted by Crippen LogP contribution is -1.96. The van der Waals surface area contributed by atoms with Crippen LogP contribution in [0.1, 0.15) is 28.1 Å². The van der Waals surface area contributed by atoms with Gasteiger partial charge in [0.2, 0.25) is 0 Å². The Labute approximate surface area is 109 Å². The molecule has 0 unspecified atom stereocenters. The topological polar surface area (TPSA) is 17.1 Å². The van der Waals surface area contributed by atoms with Crippen LogP contribution in [0.25, 0.3) is 10.4 Å². The highest BCUT2D eigenvalue weighted by molar-refractivity contribution is 7.17. The second-order valence-electron chi connectivity index (χ2n) is 4.77. The summed E-state index contributed by atoms with van der Waals surface area (Å²) in [6, 6.07) is 8.97. The molecule has 1 fully saturated rings. The highest BCUT2D eigenvalue weighted by Crippen LogP contribution is 2.36. The van der Waals surface area contributed by atoms with Crippen molar-refractivity contribution in [2.75, 3.05) is 0 Å². The van der Waals surface area contributed by atoms with Crippen LogP contribution in [-0.2, 0) is 0 Å². The number of ketones is 1. The van der Waals surface area contributed by atoms with Crippen molar-refractivity contribution in [1.82, 2.24) is 0 Å². The SMILES string of the molecule is Cc1ccc(-c2ccc(C(=O)C3CC3)s2)cc1F. The van der Waals surface area contributed by atoms with Gasteiger partial charge >= 0.3 is 0 Å². The van der Waals surface area contributed by atoms with Crippen LogP contribution in [-0.4, -0.2) is 5.78 Å². The lowest BCUT2D eigenvalue weighted by molar-refractivity contribution is 0.0971. The number of rotatable bonds is 3. The molecule has 1 aromatic heterocycles. The monoisotopic (exact) mass is 260 g/mol. The summed E-state index contributed by atoms with van der Waals surface area (Å²) >= 11 is 1.46. The Hall–Kier alpha value is -1.48. The van der Waals surface area contributed by atoms with Crippen molar-refractivity contribution in [3.8, 4) is 10.4 Å². The van der Waals surface area contributed by atoms with Gasteiger partial charge in [0.25, 0.3) is 0 Å². The lowest BCUT2D eigenvalue weighted by atomic mass is 10.1. The van der Waals surface area contributed by atoms with Crippen molar-refractivity contribution in [1.29, 1.82) is 0 Å². The van der Waals surface area contributed by atoms with Crippen LogP contribution in [0.4, 0.5) is 4.39 Å². The quantitative estimate of drug-likeness (QED) is 0.745. The Balaban J connectivity index is 1.92. The minimum absolute atomic E-state index is 0.198. The number of benzene rings is 1. The summed E-state index contributed by atoms with van der Waals surface area (Å²) in [6.07, 6.45) is 2.04. The van der Waals surface area contributed by atoms with Gasteiger partial charge in [0.15, 0.2) is 5.78 Å². The Bertz CT molecular complexity index is 611. The number of thiophene rings is 1. The van der Waals surface area contributed by atoms with Crippen molar-refractivity contribution in [2.45, 2.75) is 19.8 Å². The fraction of sp³-hybridized carbons (Fsp3) is 0.267. The summed E-state index contributed by atoms with van der Waals surface area (Å²) in [5.74, 6) is 0.293. The molecular formula is C15H13FOS. The van der Waals surface area contributed by atoms with Gasteiger partial charge in [0.05, 0.1) is 4.88 Å². The number of carbonyl (C=O) groups excluding carboxylic acids is 1. The standard InChI is InChI=1S/C15H13FOS/c1-9-2-3-11(8-12(9)16)13-6-7-14(18-13)15(17)10-4-5-10/h2-3,6-8,10H,4-5H2,1H3. The minimum atomic E-state index is -0.198. The van der Waals surface area contributed by atoms with E-state index in [1.807, 2.05) is 18.2 Å². The first-order valence-corrected chi connectivity index (χ1v) is 6.87. The van der Waals surface area contributed by atoms with Crippen LogP contribution in [0.2, 0.25) is 0 Å². The highest BCUT2D eigenvalue weighted by Gasteiger charge is 2.31. The molecule has 1 heterocycles. The average molecular weight is 260 g/mol. The van der Waals surface area contributed by atoms with Crippen molar-refractivity contribution in [3.05, 3.63) is 46.6 Å². The van der Waals surface area contributed by atoms with Gasteiger partial charge in [-0.05, 0) is 49.1 Å². The summed E-state index contributed by atoms with van der Waals surface area (Å²) in [7, 11) is 0. The molecule has 0 saturated heterocycles. The first-order valence-electron chi connectivity index (χ1n) is 6.06. The van der Waals surface area contributed by atoms with Crippen molar-refractivity contribution in [3.63, 3.8) is 0 Å². The third kappa shape index (κ3) is 2.10. The van der Waals surface area contributed by atoms with E-state index < -0.39 is 0 Å². The molecule has 2 aromatic rings. The number of carbonyl (C=O) groups is 1. The number of hydrogen-bond acceptors (Lipinski definition) is 2. The molecule has 1 aromatic carbocycles. The van der Waals surface area contributed by atoms with Gasteiger partial charge in [0, 0.05) is 10.8 Å². The van der Waals surface area contributed by atoms with E-state index in [9.17, 15) is 9.18 Å². The average Bonchev–Trinajstić information content (AvgIpc) is 3.09. The maximum atomic E-state index is 13.5. The maximum absolute atomic E-state index is 13.5. The molecule has 0 spiro atoms. The number of halogens is 1. The molecule has 0 N–H and O–H groups in total. The Kier molecular flexibility index (Phi) is 2.78. The smallest absolute Gasteiger partial charge is 0.175 e. The van der Waals surface area contributed by atoms with Gasteiger partial charge in [0.1, 0.15) is 5.82 Å². The fourth-order valence-electron chi connectivity index (χ4n) is 1.92. The first kappa shape index (κ1) is 11.6. The maximum Gasteiger partial charge on any atom is 0.175 e. The van der Waals surface area contributed by atoms with Gasteiger partial charge in [-0.2, -0.15) is 0 Å². The molecule has 0 amide bonds. The third-order valence-corrected chi connectivity index (χ3v) is 4.40. The van der Waals surface area contributed by atoms with Crippen molar-refractivity contribution in [2.24, 2.45) is 5.92 Å². The highest BCUT2D eigenvalue weighted by atomic mass is 32.1. The normalized spacial score (nSPS) is 14.8. The largest absolute Gasteiger partial charge is 0.293 e. The Morgan fingerprint density at radius 3 is 2.72 bits per heavy atom. The van der Waals surface area contributed by atoms with Gasteiger partial charge < -0.3 is 0 Å². The van der Waals surface area contributed by atoms with Crippen LogP contribution in [0.15, 0.2) is 30.3 Å². The Morgan fingerprint density at radius 2 is 2.06 bits per heavy atom. The van der Waals surface area contributed by atoms with Gasteiger partial charge in [-0.1, -0.05) is 12.1 Å². The molecular weight excluding hydrogens is 247 g/mol. The predicted octanol–water partition coefficient (Wildman–Crippen LogP) is 4.46. The van der Waals surface area contributed by atoms with Crippen LogP contribution >= 0.6 is 11.3 Å². The summed E-state index contributed by atoms with van der Waals surface area (Å²) in [4.78, 5) is 13.7. The van der Waals surface area contributed by atoms with E-state index in [0.29, 0.717) is 5.56 Å². The number of hydrogen-bond donors (Lipinski definition) is 0. The molecule has 1 aliphatic carbocycles. The van der Waals surface area contributed by atoms with E-state index in [2.05, 4.69) is 0 Å². The van der Waals surface area contributed by atoms with Crippen molar-refractivity contribution >= 4 is 17.1 Å². The van der Waals surface area contributed by atoms with Crippen molar-refractivity contribution < 1.29 is 9.18 Å². The zero-order valence-electron chi connectivity index (χ0n) is 10.1. The van der Waals surface area contributed by atoms with E-state index in [4.69, 9.17) is 0 Å². The lowest BCUT2D eigenvalue weighted by Gasteiger charge is -2.00. The molecule has 3 rings (SSSR count). The molecule has 1 aliphatic rings. The first-order chi connectivity index (χ1) is 8.65. The second kappa shape index (κ2) is 4.32. The molecule has 0 aliphatic heterocycles. The fourth-order valence-corrected chi connectivity index (χ4v) is 2.94. The summed E-state index contributed by atoms with van der Waals surface area (Å²) in [6.45, 7) is 1.75. The summed E-state index contributed by atoms with van der Waals surface area (Å²) in [5.41, 5.74) is 1.49. The zero-order chi connectivity index (χ0) is 12.7. The molecule has 0 radical (unpaired) electrons. The molecule has 0 bridgehead atoms. The molecule has 3 heteroatoms. The van der Waals surface area contributed by atoms with E-state index in [0.717, 1.165) is 28.2 Å². The zero-order valence-corrected chi connectivity index (χ0v) is 10.9. The van der Waals surface area contributed by atoms with Gasteiger partial charge in [-0.25, -0.2) is 4.39 Å². The van der Waals surface area contributed by atoms with E-state index in [1.54, 1.807) is 13.0 Å². The molecule has 1 saturated carbocycles. The molecule has 92 valence electrons. The van der Waals surface area contributed by atoms with E-state index in [-0.39, 0.29) is 17.5 Å². The molecule has 18 heavy (non-hydrogen) atoms. The Morgan fingerprint density at radius 1 is 1.28 bits per heavy atom. The van der Waals surface area contributed by atoms with Crippen LogP contribution in [0.3, 0.4) is 0 Å². The van der Waals surface area contributed by atoms with Gasteiger partial charge in [-0.15, -0.1) is 11.3 Å². The van der Waals surface area contributed by atoms with Gasteiger partial charge in [-0.3, -0.25) is 4.79 Å². The second-order valence-corrected chi connectivity index (χ2v) is 5.85. The summed E-state index contributed by atoms with van der Waals surface area (Å²) in [5, 5.41) is 0. The summed E-state index contributed by atoms with van der Waals surface area (Å²) < 4.78 is 13.5. The number of Topliss-reactive ketones (excluding diaryl/α,β-unsaturated/α-hetero) is 1. The van der Waals surface area contributed by atoms with Crippen LogP contribution < -0.4 is 0 Å². The third-order valence-electron chi connectivity index (χ3n) is 3.25. The molecule has 1 nitrogen and oxygen atoms in total. The van der Waals surface area contributed by atoms with Crippen LogP contribution in [0, 0.1) is 18.7 Å².